The summed E-state index contributed by atoms with van der Waals surface area (Å²) >= 11 is 0. The van der Waals surface area contributed by atoms with E-state index in [2.05, 4.69) is 9.47 Å². The first-order valence-electron chi connectivity index (χ1n) is 3.03. The number of aliphatic hydroxyl groups excluding tert-OH is 2. The van der Waals surface area contributed by atoms with E-state index in [4.69, 9.17) is 10.2 Å². The van der Waals surface area contributed by atoms with Crippen molar-refractivity contribution in [3.8, 4) is 0 Å². The molecule has 0 saturated carbocycles. The maximum atomic E-state index is 7.94. The van der Waals surface area contributed by atoms with Crippen LogP contribution in [0.1, 0.15) is 0 Å². The molecule has 0 heterocycles. The molecular formula is C6H16CaO4. The standard InChI is InChI=1S/2C3H8O2.Ca/c2*1-5-3-2-4;/h2*4H,2-3H2,1H3;. The molecule has 5 heteroatoms. The fourth-order valence-corrected chi connectivity index (χ4v) is 0.183. The molecule has 0 aromatic heterocycles. The first-order valence-corrected chi connectivity index (χ1v) is 3.03. The van der Waals surface area contributed by atoms with Crippen LogP contribution in [-0.2, 0) is 9.47 Å². The fourth-order valence-electron chi connectivity index (χ4n) is 0.183. The van der Waals surface area contributed by atoms with E-state index in [9.17, 15) is 0 Å². The smallest absolute Gasteiger partial charge is 0.0693 e. The summed E-state index contributed by atoms with van der Waals surface area (Å²) in [5, 5.41) is 15.9. The molecule has 0 atom stereocenters. The predicted molar refractivity (Wildman–Crippen MR) is 43.7 cm³/mol. The predicted octanol–water partition coefficient (Wildman–Crippen LogP) is -1.13. The molecule has 2 N–H and O–H groups in total. The molecule has 11 heavy (non-hydrogen) atoms. The Morgan fingerprint density at radius 3 is 1.18 bits per heavy atom. The second-order valence-electron chi connectivity index (χ2n) is 1.43. The molecule has 0 rings (SSSR count). The average molecular weight is 192 g/mol. The Kier molecular flexibility index (Phi) is 36.8. The van der Waals surface area contributed by atoms with Gasteiger partial charge in [-0.05, 0) is 0 Å². The van der Waals surface area contributed by atoms with Crippen molar-refractivity contribution in [1.82, 2.24) is 0 Å². The van der Waals surface area contributed by atoms with E-state index in [0.717, 1.165) is 0 Å². The number of ether oxygens (including phenoxy) is 2. The third-order valence-electron chi connectivity index (χ3n) is 0.591. The largest absolute Gasteiger partial charge is 0.394 e. The van der Waals surface area contributed by atoms with Gasteiger partial charge in [-0.3, -0.25) is 0 Å². The molecule has 0 spiro atoms. The molecule has 66 valence electrons. The Balaban J connectivity index is -0.000000107. The van der Waals surface area contributed by atoms with Crippen molar-refractivity contribution in [3.05, 3.63) is 0 Å². The van der Waals surface area contributed by atoms with Gasteiger partial charge in [-0.25, -0.2) is 0 Å². The van der Waals surface area contributed by atoms with Crippen LogP contribution in [0, 0.1) is 0 Å². The summed E-state index contributed by atoms with van der Waals surface area (Å²) < 4.78 is 8.88. The topological polar surface area (TPSA) is 58.9 Å². The maximum absolute atomic E-state index is 7.94. The van der Waals surface area contributed by atoms with Gasteiger partial charge in [0.05, 0.1) is 26.4 Å². The van der Waals surface area contributed by atoms with Crippen molar-refractivity contribution < 1.29 is 19.7 Å². The van der Waals surface area contributed by atoms with E-state index >= 15 is 0 Å². The number of aliphatic hydroxyl groups is 2. The molecular weight excluding hydrogens is 176 g/mol. The minimum Gasteiger partial charge on any atom is -0.394 e. The minimum atomic E-state index is 0. The molecule has 0 aromatic rings. The van der Waals surface area contributed by atoms with Gasteiger partial charge in [0.25, 0.3) is 0 Å². The Labute approximate surface area is 97.5 Å². The zero-order valence-electron chi connectivity index (χ0n) is 7.25. The van der Waals surface area contributed by atoms with Gasteiger partial charge in [0, 0.05) is 52.0 Å². The van der Waals surface area contributed by atoms with Gasteiger partial charge in [0.15, 0.2) is 0 Å². The van der Waals surface area contributed by atoms with Gasteiger partial charge in [-0.15, -0.1) is 0 Å². The fraction of sp³-hybridized carbons (Fsp3) is 1.00. The van der Waals surface area contributed by atoms with E-state index in [0.29, 0.717) is 13.2 Å². The third-order valence-corrected chi connectivity index (χ3v) is 0.591. The number of methoxy groups -OCH3 is 2. The Morgan fingerprint density at radius 1 is 0.909 bits per heavy atom. The van der Waals surface area contributed by atoms with Crippen molar-refractivity contribution in [2.24, 2.45) is 0 Å². The maximum Gasteiger partial charge on any atom is 0.0693 e. The summed E-state index contributed by atoms with van der Waals surface area (Å²) in [6.07, 6.45) is 0. The summed E-state index contributed by atoms with van der Waals surface area (Å²) in [5.74, 6) is 0. The first kappa shape index (κ1) is 18.0. The molecule has 2 radical (unpaired) electrons. The molecule has 0 aliphatic heterocycles. The Hall–Kier alpha value is 1.10. The van der Waals surface area contributed by atoms with Gasteiger partial charge >= 0.3 is 0 Å². The molecule has 0 aliphatic rings. The first-order chi connectivity index (χ1) is 4.83. The zero-order valence-corrected chi connectivity index (χ0v) is 9.45. The van der Waals surface area contributed by atoms with Gasteiger partial charge in [0.1, 0.15) is 0 Å². The van der Waals surface area contributed by atoms with Crippen molar-refractivity contribution >= 4 is 37.7 Å². The van der Waals surface area contributed by atoms with Crippen LogP contribution in [0.15, 0.2) is 0 Å². The number of rotatable bonds is 4. The number of hydrogen-bond donors (Lipinski definition) is 2. The van der Waals surface area contributed by atoms with Crippen LogP contribution in [0.5, 0.6) is 0 Å². The monoisotopic (exact) mass is 192 g/mol. The molecule has 4 nitrogen and oxygen atoms in total. The third kappa shape index (κ3) is 35.3. The summed E-state index contributed by atoms with van der Waals surface area (Å²) in [5.41, 5.74) is 0. The quantitative estimate of drug-likeness (QED) is 0.553. The van der Waals surface area contributed by atoms with Gasteiger partial charge in [0.2, 0.25) is 0 Å². The summed E-state index contributed by atoms with van der Waals surface area (Å²) in [6, 6.07) is 0. The van der Waals surface area contributed by atoms with E-state index in [1.54, 1.807) is 14.2 Å². The zero-order chi connectivity index (χ0) is 8.24. The average Bonchev–Trinajstić information content (AvgIpc) is 1.93. The van der Waals surface area contributed by atoms with Gasteiger partial charge in [-0.2, -0.15) is 0 Å². The Bertz CT molecular complexity index is 35.6. The van der Waals surface area contributed by atoms with Crippen molar-refractivity contribution in [3.63, 3.8) is 0 Å². The van der Waals surface area contributed by atoms with Crippen LogP contribution < -0.4 is 0 Å². The molecule has 0 fully saturated rings. The molecule has 0 aromatic carbocycles. The Morgan fingerprint density at radius 2 is 1.18 bits per heavy atom. The van der Waals surface area contributed by atoms with Crippen LogP contribution in [0.4, 0.5) is 0 Å². The summed E-state index contributed by atoms with van der Waals surface area (Å²) in [7, 11) is 3.10. The normalized spacial score (nSPS) is 7.64. The van der Waals surface area contributed by atoms with Crippen LogP contribution in [0.3, 0.4) is 0 Å². The summed E-state index contributed by atoms with van der Waals surface area (Å²) in [6.45, 7) is 1.13. The second-order valence-corrected chi connectivity index (χ2v) is 1.43. The van der Waals surface area contributed by atoms with Crippen LogP contribution >= 0.6 is 0 Å². The van der Waals surface area contributed by atoms with E-state index in [1.807, 2.05) is 0 Å². The van der Waals surface area contributed by atoms with E-state index in [-0.39, 0.29) is 51.0 Å². The van der Waals surface area contributed by atoms with E-state index in [1.165, 1.54) is 0 Å². The van der Waals surface area contributed by atoms with Gasteiger partial charge < -0.3 is 19.7 Å². The van der Waals surface area contributed by atoms with Crippen LogP contribution in [0.25, 0.3) is 0 Å². The summed E-state index contributed by atoms with van der Waals surface area (Å²) in [4.78, 5) is 0. The molecule has 0 aliphatic carbocycles. The van der Waals surface area contributed by atoms with Crippen molar-refractivity contribution in [2.45, 2.75) is 0 Å². The van der Waals surface area contributed by atoms with Crippen LogP contribution in [-0.4, -0.2) is 88.6 Å². The molecule has 0 unspecified atom stereocenters. The minimum absolute atomic E-state index is 0. The van der Waals surface area contributed by atoms with Gasteiger partial charge in [-0.1, -0.05) is 0 Å². The van der Waals surface area contributed by atoms with Crippen LogP contribution in [0.2, 0.25) is 0 Å². The van der Waals surface area contributed by atoms with Crippen molar-refractivity contribution in [2.75, 3.05) is 40.6 Å². The van der Waals surface area contributed by atoms with Crippen molar-refractivity contribution in [1.29, 1.82) is 0 Å². The number of hydrogen-bond acceptors (Lipinski definition) is 4. The SMILES string of the molecule is COCCO.COCCO.[Ca]. The van der Waals surface area contributed by atoms with E-state index < -0.39 is 0 Å². The molecule has 0 saturated heterocycles. The molecule has 0 amide bonds. The second kappa shape index (κ2) is 22.5. The molecule has 0 bridgehead atoms.